The Balaban J connectivity index is 1.31. The first-order valence-corrected chi connectivity index (χ1v) is 15.0. The van der Waals surface area contributed by atoms with Gasteiger partial charge in [-0.1, -0.05) is 24.3 Å². The second kappa shape index (κ2) is 11.8. The number of likely N-dealkylation sites (N-methyl/N-ethyl adjacent to an activating group) is 1. The predicted octanol–water partition coefficient (Wildman–Crippen LogP) is 3.78. The van der Waals surface area contributed by atoms with E-state index in [4.69, 9.17) is 14.7 Å². The highest BCUT2D eigenvalue weighted by Gasteiger charge is 2.43. The number of benzene rings is 1. The lowest BCUT2D eigenvalue weighted by atomic mass is 9.69. The number of alkyl halides is 1. The zero-order valence-electron chi connectivity index (χ0n) is 23.9. The lowest BCUT2D eigenvalue weighted by Crippen LogP contribution is -2.55. The number of nitriles is 1. The molecule has 4 aliphatic rings. The first-order valence-electron chi connectivity index (χ1n) is 15.0. The van der Waals surface area contributed by atoms with Crippen molar-refractivity contribution in [1.29, 1.82) is 5.26 Å². The minimum atomic E-state index is -0.687. The van der Waals surface area contributed by atoms with Crippen molar-refractivity contribution in [1.82, 2.24) is 19.8 Å². The number of amides is 1. The molecule has 2 aromatic rings. The van der Waals surface area contributed by atoms with Crippen molar-refractivity contribution in [3.63, 3.8) is 0 Å². The van der Waals surface area contributed by atoms with Gasteiger partial charge in [0, 0.05) is 42.7 Å². The maximum absolute atomic E-state index is 12.7. The Kier molecular flexibility index (Phi) is 7.94. The molecule has 3 heterocycles. The van der Waals surface area contributed by atoms with E-state index in [9.17, 15) is 14.4 Å². The van der Waals surface area contributed by atoms with Crippen molar-refractivity contribution >= 4 is 11.7 Å². The van der Waals surface area contributed by atoms with Crippen LogP contribution in [0.5, 0.6) is 6.01 Å². The van der Waals surface area contributed by atoms with E-state index in [1.807, 2.05) is 0 Å². The first-order chi connectivity index (χ1) is 20.0. The highest BCUT2D eigenvalue weighted by Crippen LogP contribution is 2.48. The monoisotopic (exact) mass is 558 g/mol. The lowest BCUT2D eigenvalue weighted by molar-refractivity contribution is -0.128. The van der Waals surface area contributed by atoms with Gasteiger partial charge in [0.25, 0.3) is 0 Å². The number of allylic oxidation sites excluding steroid dienone is 1. The average Bonchev–Trinajstić information content (AvgIpc) is 3.57. The molecule has 2 fully saturated rings. The van der Waals surface area contributed by atoms with Gasteiger partial charge in [-0.2, -0.15) is 15.2 Å². The Bertz CT molecular complexity index is 1360. The molecule has 2 saturated heterocycles. The summed E-state index contributed by atoms with van der Waals surface area (Å²) in [5.41, 5.74) is 5.23. The molecule has 0 saturated carbocycles. The summed E-state index contributed by atoms with van der Waals surface area (Å²) in [5.74, 6) is 0.624. The van der Waals surface area contributed by atoms with Crippen LogP contribution < -0.4 is 9.64 Å². The van der Waals surface area contributed by atoms with Crippen molar-refractivity contribution in [2.45, 2.75) is 68.9 Å². The van der Waals surface area contributed by atoms with E-state index in [0.29, 0.717) is 38.3 Å². The third-order valence-corrected chi connectivity index (χ3v) is 9.69. The Hall–Kier alpha value is -3.51. The standard InChI is InChI=1S/C32H39FN6O2/c1-37-17-5-7-25(37)22-41-31-35-28-20-32(13-10-23-6-2-3-8-27(23)32)14-11-26(28)30(36-31)38-18-19-39(24(21-38)12-16-34)29(40)9-4-15-33/h2-4,6,8-9,24-25H,5,7,10-15,17-22H2,1H3/b9-4+/t24-,25-,32+/m0/s1. The van der Waals surface area contributed by atoms with E-state index in [1.54, 1.807) is 4.90 Å². The Morgan fingerprint density at radius 1 is 1.20 bits per heavy atom. The Morgan fingerprint density at radius 2 is 2.05 bits per heavy atom. The van der Waals surface area contributed by atoms with Crippen molar-refractivity contribution in [3.8, 4) is 12.1 Å². The van der Waals surface area contributed by atoms with E-state index in [1.165, 1.54) is 29.7 Å². The molecule has 216 valence electrons. The number of hydrogen-bond donors (Lipinski definition) is 0. The molecule has 1 spiro atoms. The van der Waals surface area contributed by atoms with Gasteiger partial charge < -0.3 is 19.4 Å². The Morgan fingerprint density at radius 3 is 2.85 bits per heavy atom. The number of nitrogens with zero attached hydrogens (tertiary/aromatic N) is 6. The molecule has 0 unspecified atom stereocenters. The van der Waals surface area contributed by atoms with E-state index >= 15 is 0 Å². The number of halogens is 1. The van der Waals surface area contributed by atoms with Gasteiger partial charge in [-0.15, -0.1) is 0 Å². The fraction of sp³-hybridized carbons (Fsp3) is 0.562. The van der Waals surface area contributed by atoms with Crippen LogP contribution in [0.1, 0.15) is 54.5 Å². The van der Waals surface area contributed by atoms with E-state index < -0.39 is 6.67 Å². The number of anilines is 1. The maximum Gasteiger partial charge on any atom is 0.318 e. The van der Waals surface area contributed by atoms with Gasteiger partial charge in [-0.3, -0.25) is 4.79 Å². The fourth-order valence-electron chi connectivity index (χ4n) is 7.42. The normalized spacial score (nSPS) is 25.9. The number of hydrogen-bond acceptors (Lipinski definition) is 7. The molecule has 2 aliphatic carbocycles. The smallest absolute Gasteiger partial charge is 0.318 e. The number of ether oxygens (including phenoxy) is 1. The summed E-state index contributed by atoms with van der Waals surface area (Å²) in [6.45, 7) is 2.47. The number of likely N-dealkylation sites (tertiary alicyclic amines) is 1. The van der Waals surface area contributed by atoms with Crippen molar-refractivity contribution in [2.24, 2.45) is 0 Å². The number of aryl methyl sites for hydroxylation is 1. The van der Waals surface area contributed by atoms with E-state index in [0.717, 1.165) is 62.1 Å². The molecular formula is C32H39FN6O2. The SMILES string of the molecule is CN1CCC[C@H]1COc1nc2c(c(N3CCN(C(=O)/C=C/CF)[C@@H](CC#N)C3)n1)CC[C@]1(CCc3ccccc31)C2. The number of fused-ring (bicyclic) bond motifs is 3. The molecule has 1 aromatic carbocycles. The molecule has 8 nitrogen and oxygen atoms in total. The van der Waals surface area contributed by atoms with Crippen LogP contribution in [0.15, 0.2) is 36.4 Å². The van der Waals surface area contributed by atoms with E-state index in [-0.39, 0.29) is 23.8 Å². The van der Waals surface area contributed by atoms with Crippen molar-refractivity contribution in [2.75, 3.05) is 51.4 Å². The summed E-state index contributed by atoms with van der Waals surface area (Å²) >= 11 is 0. The highest BCUT2D eigenvalue weighted by atomic mass is 19.1. The number of aromatic nitrogens is 2. The molecule has 6 rings (SSSR count). The van der Waals surface area contributed by atoms with Gasteiger partial charge in [0.15, 0.2) is 0 Å². The van der Waals surface area contributed by atoms with Crippen LogP contribution in [0.25, 0.3) is 0 Å². The van der Waals surface area contributed by atoms with Crippen LogP contribution in [-0.4, -0.2) is 84.3 Å². The summed E-state index contributed by atoms with van der Waals surface area (Å²) < 4.78 is 19.0. The van der Waals surface area contributed by atoms with Gasteiger partial charge >= 0.3 is 6.01 Å². The minimum Gasteiger partial charge on any atom is -0.462 e. The molecule has 2 aliphatic heterocycles. The zero-order valence-corrected chi connectivity index (χ0v) is 23.9. The number of carbonyl (C=O) groups is 1. The van der Waals surface area contributed by atoms with Crippen LogP contribution in [-0.2, 0) is 29.5 Å². The number of rotatable bonds is 7. The van der Waals surface area contributed by atoms with Crippen LogP contribution in [0.3, 0.4) is 0 Å². The largest absolute Gasteiger partial charge is 0.462 e. The topological polar surface area (TPSA) is 85.6 Å². The predicted molar refractivity (Wildman–Crippen MR) is 155 cm³/mol. The summed E-state index contributed by atoms with van der Waals surface area (Å²) in [5, 5.41) is 9.55. The number of carbonyl (C=O) groups excluding carboxylic acids is 1. The van der Waals surface area contributed by atoms with Gasteiger partial charge in [0.2, 0.25) is 5.91 Å². The average molecular weight is 559 g/mol. The van der Waals surface area contributed by atoms with Gasteiger partial charge in [0.05, 0.1) is 24.2 Å². The van der Waals surface area contributed by atoms with Gasteiger partial charge in [-0.25, -0.2) is 4.39 Å². The zero-order chi connectivity index (χ0) is 28.4. The van der Waals surface area contributed by atoms with Crippen LogP contribution in [0, 0.1) is 11.3 Å². The van der Waals surface area contributed by atoms with Crippen molar-refractivity contribution < 1.29 is 13.9 Å². The van der Waals surface area contributed by atoms with E-state index in [2.05, 4.69) is 47.2 Å². The minimum absolute atomic E-state index is 0.0926. The maximum atomic E-state index is 12.7. The van der Waals surface area contributed by atoms with Crippen LogP contribution in [0.4, 0.5) is 10.2 Å². The summed E-state index contributed by atoms with van der Waals surface area (Å²) in [6.07, 6.45) is 10.0. The molecule has 0 bridgehead atoms. The quantitative estimate of drug-likeness (QED) is 0.478. The van der Waals surface area contributed by atoms with Crippen LogP contribution >= 0.6 is 0 Å². The van der Waals surface area contributed by atoms with Gasteiger partial charge in [-0.05, 0) is 75.7 Å². The highest BCUT2D eigenvalue weighted by molar-refractivity contribution is 5.88. The lowest BCUT2D eigenvalue weighted by Gasteiger charge is -2.42. The first kappa shape index (κ1) is 27.6. The summed E-state index contributed by atoms with van der Waals surface area (Å²) in [4.78, 5) is 29.0. The van der Waals surface area contributed by atoms with Crippen molar-refractivity contribution in [3.05, 3.63) is 58.8 Å². The molecule has 9 heteroatoms. The van der Waals surface area contributed by atoms with Crippen LogP contribution in [0.2, 0.25) is 0 Å². The molecule has 1 aromatic heterocycles. The Labute approximate surface area is 241 Å². The molecule has 3 atom stereocenters. The third kappa shape index (κ3) is 5.42. The fourth-order valence-corrected chi connectivity index (χ4v) is 7.42. The second-order valence-electron chi connectivity index (χ2n) is 12.0. The third-order valence-electron chi connectivity index (χ3n) is 9.69. The van der Waals surface area contributed by atoms with Gasteiger partial charge in [0.1, 0.15) is 19.1 Å². The second-order valence-corrected chi connectivity index (χ2v) is 12.0. The molecule has 0 radical (unpaired) electrons. The molecule has 41 heavy (non-hydrogen) atoms. The molecule has 1 amide bonds. The molecular weight excluding hydrogens is 519 g/mol. The molecule has 0 N–H and O–H groups in total. The summed E-state index contributed by atoms with van der Waals surface area (Å²) in [6, 6.07) is 11.6. The summed E-state index contributed by atoms with van der Waals surface area (Å²) in [7, 11) is 2.14. The number of piperazine rings is 1.